The van der Waals surface area contributed by atoms with Crippen LogP contribution in [0.2, 0.25) is 0 Å². The molecule has 96 valence electrons. The van der Waals surface area contributed by atoms with Gasteiger partial charge in [0.15, 0.2) is 0 Å². The van der Waals surface area contributed by atoms with E-state index in [0.717, 1.165) is 39.0 Å². The van der Waals surface area contributed by atoms with Crippen LogP contribution in [0.5, 0.6) is 0 Å². The van der Waals surface area contributed by atoms with E-state index in [1.807, 2.05) is 0 Å². The van der Waals surface area contributed by atoms with Gasteiger partial charge in [-0.3, -0.25) is 0 Å². The summed E-state index contributed by atoms with van der Waals surface area (Å²) in [5.74, 6) is 0. The lowest BCUT2D eigenvalue weighted by molar-refractivity contribution is 0.00910. The van der Waals surface area contributed by atoms with Crippen molar-refractivity contribution >= 4 is 0 Å². The van der Waals surface area contributed by atoms with E-state index in [9.17, 15) is 8.78 Å². The molecule has 1 fully saturated rings. The molecule has 16 heavy (non-hydrogen) atoms. The highest BCUT2D eigenvalue weighted by atomic mass is 19.3. The van der Waals surface area contributed by atoms with E-state index in [1.165, 1.54) is 0 Å². The summed E-state index contributed by atoms with van der Waals surface area (Å²) in [6.07, 6.45) is -0.134. The van der Waals surface area contributed by atoms with E-state index >= 15 is 0 Å². The van der Waals surface area contributed by atoms with E-state index in [0.29, 0.717) is 12.6 Å². The zero-order valence-electron chi connectivity index (χ0n) is 9.92. The van der Waals surface area contributed by atoms with Crippen molar-refractivity contribution in [3.05, 3.63) is 0 Å². The van der Waals surface area contributed by atoms with E-state index in [4.69, 9.17) is 4.74 Å². The summed E-state index contributed by atoms with van der Waals surface area (Å²) < 4.78 is 28.5. The molecule has 1 saturated heterocycles. The van der Waals surface area contributed by atoms with Gasteiger partial charge in [0.2, 0.25) is 0 Å². The summed E-state index contributed by atoms with van der Waals surface area (Å²) in [4.78, 5) is 2.29. The number of alkyl halides is 2. The molecule has 3 nitrogen and oxygen atoms in total. The van der Waals surface area contributed by atoms with Crippen molar-refractivity contribution in [2.75, 3.05) is 39.4 Å². The van der Waals surface area contributed by atoms with Crippen molar-refractivity contribution in [3.8, 4) is 0 Å². The second-order valence-electron chi connectivity index (χ2n) is 4.31. The predicted molar refractivity (Wildman–Crippen MR) is 60.0 cm³/mol. The van der Waals surface area contributed by atoms with Crippen molar-refractivity contribution in [2.45, 2.75) is 32.2 Å². The molecule has 1 unspecified atom stereocenters. The van der Waals surface area contributed by atoms with Crippen molar-refractivity contribution in [2.24, 2.45) is 0 Å². The van der Waals surface area contributed by atoms with Crippen molar-refractivity contribution in [1.29, 1.82) is 0 Å². The molecule has 0 amide bonds. The molecule has 0 radical (unpaired) electrons. The Balaban J connectivity index is 2.09. The Morgan fingerprint density at radius 1 is 1.44 bits per heavy atom. The second kappa shape index (κ2) is 7.92. The van der Waals surface area contributed by atoms with Gasteiger partial charge in [0, 0.05) is 12.6 Å². The first kappa shape index (κ1) is 13.8. The number of nitrogens with zero attached hydrogens (tertiary/aromatic N) is 1. The van der Waals surface area contributed by atoms with Crippen LogP contribution < -0.4 is 5.32 Å². The fourth-order valence-electron chi connectivity index (χ4n) is 1.83. The molecule has 0 aromatic rings. The minimum absolute atomic E-state index is 0.409. The second-order valence-corrected chi connectivity index (χ2v) is 4.31. The quantitative estimate of drug-likeness (QED) is 0.729. The van der Waals surface area contributed by atoms with Crippen molar-refractivity contribution in [1.82, 2.24) is 10.2 Å². The number of nitrogens with one attached hydrogen (secondary N) is 1. The third-order valence-electron chi connectivity index (χ3n) is 2.82. The van der Waals surface area contributed by atoms with Crippen LogP contribution in [0.1, 0.15) is 19.8 Å². The number of halogens is 2. The fraction of sp³-hybridized carbons (Fsp3) is 1.00. The maximum absolute atomic E-state index is 11.8. The van der Waals surface area contributed by atoms with Gasteiger partial charge in [-0.15, -0.1) is 0 Å². The molecule has 1 aliphatic heterocycles. The normalized spacial score (nSPS) is 24.4. The highest BCUT2D eigenvalue weighted by Crippen LogP contribution is 2.02. The van der Waals surface area contributed by atoms with Crippen LogP contribution >= 0.6 is 0 Å². The average molecular weight is 236 g/mol. The number of ether oxygens (including phenoxy) is 1. The Morgan fingerprint density at radius 2 is 2.25 bits per heavy atom. The first-order valence-electron chi connectivity index (χ1n) is 6.00. The van der Waals surface area contributed by atoms with E-state index in [-0.39, 0.29) is 0 Å². The molecule has 0 aromatic carbocycles. The van der Waals surface area contributed by atoms with Crippen LogP contribution in [0.25, 0.3) is 0 Å². The van der Waals surface area contributed by atoms with Gasteiger partial charge in [-0.05, 0) is 39.4 Å². The maximum atomic E-state index is 11.8. The van der Waals surface area contributed by atoms with Crippen molar-refractivity contribution < 1.29 is 13.5 Å². The topological polar surface area (TPSA) is 24.5 Å². The van der Waals surface area contributed by atoms with Gasteiger partial charge in [0.25, 0.3) is 6.43 Å². The van der Waals surface area contributed by atoms with Gasteiger partial charge in [-0.2, -0.15) is 0 Å². The highest BCUT2D eigenvalue weighted by Gasteiger charge is 2.11. The van der Waals surface area contributed by atoms with Crippen LogP contribution in [0.3, 0.4) is 0 Å². The maximum Gasteiger partial charge on any atom is 0.261 e. The van der Waals surface area contributed by atoms with Gasteiger partial charge in [0.05, 0.1) is 6.61 Å². The molecule has 1 N–H and O–H groups in total. The summed E-state index contributed by atoms with van der Waals surface area (Å²) in [5, 5.41) is 3.43. The Labute approximate surface area is 96.1 Å². The first-order valence-corrected chi connectivity index (χ1v) is 6.00. The predicted octanol–water partition coefficient (Wildman–Crippen LogP) is 1.34. The Morgan fingerprint density at radius 3 is 3.00 bits per heavy atom. The van der Waals surface area contributed by atoms with Crippen molar-refractivity contribution in [3.63, 3.8) is 0 Å². The Bertz CT molecular complexity index is 181. The monoisotopic (exact) mass is 236 g/mol. The molecule has 1 rings (SSSR count). The molecule has 1 atom stereocenters. The van der Waals surface area contributed by atoms with Gasteiger partial charge >= 0.3 is 0 Å². The molecule has 0 aliphatic carbocycles. The van der Waals surface area contributed by atoms with E-state index in [1.54, 1.807) is 0 Å². The molecule has 5 heteroatoms. The minimum Gasteiger partial charge on any atom is -0.374 e. The van der Waals surface area contributed by atoms with Crippen LogP contribution in [-0.2, 0) is 4.74 Å². The summed E-state index contributed by atoms with van der Waals surface area (Å²) in [6, 6.07) is 0.546. The molecule has 0 aromatic heterocycles. The van der Waals surface area contributed by atoms with Gasteiger partial charge in [-0.1, -0.05) is 0 Å². The van der Waals surface area contributed by atoms with Gasteiger partial charge < -0.3 is 15.0 Å². The highest BCUT2D eigenvalue weighted by molar-refractivity contribution is 4.69. The van der Waals surface area contributed by atoms with Gasteiger partial charge in [0.1, 0.15) is 6.61 Å². The van der Waals surface area contributed by atoms with Crippen LogP contribution in [-0.4, -0.2) is 56.8 Å². The molecule has 0 bridgehead atoms. The summed E-state index contributed by atoms with van der Waals surface area (Å²) >= 11 is 0. The fourth-order valence-corrected chi connectivity index (χ4v) is 1.83. The summed E-state index contributed by atoms with van der Waals surface area (Å²) in [7, 11) is 0. The molecule has 0 saturated carbocycles. The van der Waals surface area contributed by atoms with Crippen LogP contribution in [0.4, 0.5) is 8.78 Å². The zero-order valence-corrected chi connectivity index (χ0v) is 9.92. The lowest BCUT2D eigenvalue weighted by Gasteiger charge is -2.27. The molecular formula is C11H22F2N2O. The smallest absolute Gasteiger partial charge is 0.261 e. The first-order chi connectivity index (χ1) is 7.68. The molecule has 0 spiro atoms. The lowest BCUT2D eigenvalue weighted by Crippen LogP contribution is -2.39. The largest absolute Gasteiger partial charge is 0.374 e. The third-order valence-corrected chi connectivity index (χ3v) is 2.82. The van der Waals surface area contributed by atoms with Gasteiger partial charge in [-0.25, -0.2) is 8.78 Å². The van der Waals surface area contributed by atoms with E-state index in [2.05, 4.69) is 17.1 Å². The molecule has 1 aliphatic rings. The summed E-state index contributed by atoms with van der Waals surface area (Å²) in [6.45, 7) is 5.99. The number of hydrogen-bond acceptors (Lipinski definition) is 3. The third kappa shape index (κ3) is 6.35. The van der Waals surface area contributed by atoms with Crippen LogP contribution in [0.15, 0.2) is 0 Å². The number of hydrogen-bond donors (Lipinski definition) is 1. The van der Waals surface area contributed by atoms with Crippen LogP contribution in [0, 0.1) is 0 Å². The minimum atomic E-state index is -2.35. The lowest BCUT2D eigenvalue weighted by atomic mass is 10.2. The average Bonchev–Trinajstić information content (AvgIpc) is 2.21. The SMILES string of the molecule is CC1CCN(CCOCC(F)F)CCCN1. The zero-order chi connectivity index (χ0) is 11.8. The summed E-state index contributed by atoms with van der Waals surface area (Å²) in [5.41, 5.74) is 0. The Kier molecular flexibility index (Phi) is 6.84. The number of rotatable bonds is 5. The van der Waals surface area contributed by atoms with E-state index < -0.39 is 13.0 Å². The molecule has 1 heterocycles. The Hall–Kier alpha value is -0.260. The standard InChI is InChI=1S/C11H22F2N2O/c1-10-3-6-15(5-2-4-14-10)7-8-16-9-11(12)13/h10-11,14H,2-9H2,1H3. The molecular weight excluding hydrogens is 214 g/mol.